The quantitative estimate of drug-likeness (QED) is 0.821. The summed E-state index contributed by atoms with van der Waals surface area (Å²) >= 11 is 11.7. The molecule has 0 bridgehead atoms. The summed E-state index contributed by atoms with van der Waals surface area (Å²) in [6.07, 6.45) is 3.75. The first kappa shape index (κ1) is 18.0. The van der Waals surface area contributed by atoms with Gasteiger partial charge in [-0.25, -0.2) is 0 Å². The molecule has 1 aliphatic heterocycles. The van der Waals surface area contributed by atoms with Crippen molar-refractivity contribution in [1.29, 1.82) is 0 Å². The minimum atomic E-state index is -0.352. The zero-order chi connectivity index (χ0) is 16.7. The smallest absolute Gasteiger partial charge is 0.251 e. The second kappa shape index (κ2) is 9.11. The van der Waals surface area contributed by atoms with Gasteiger partial charge in [-0.3, -0.25) is 9.59 Å². The van der Waals surface area contributed by atoms with E-state index < -0.39 is 0 Å². The number of hydrogen-bond acceptors (Lipinski definition) is 3. The highest BCUT2D eigenvalue weighted by Crippen LogP contribution is 2.22. The van der Waals surface area contributed by atoms with Crippen LogP contribution in [0.3, 0.4) is 0 Å². The number of piperidine rings is 1. The largest absolute Gasteiger partial charge is 0.353 e. The van der Waals surface area contributed by atoms with Crippen molar-refractivity contribution in [3.05, 3.63) is 33.8 Å². The number of amides is 2. The number of benzene rings is 1. The van der Waals surface area contributed by atoms with Gasteiger partial charge < -0.3 is 15.5 Å². The number of nitrogens with zero attached hydrogens (tertiary/aromatic N) is 1. The highest BCUT2D eigenvalue weighted by atomic mass is 35.5. The molecule has 23 heavy (non-hydrogen) atoms. The molecule has 0 atom stereocenters. The Morgan fingerprint density at radius 3 is 2.48 bits per heavy atom. The van der Waals surface area contributed by atoms with Crippen molar-refractivity contribution in [3.8, 4) is 0 Å². The van der Waals surface area contributed by atoms with Crippen LogP contribution in [-0.4, -0.2) is 49.4 Å². The molecule has 1 heterocycles. The van der Waals surface area contributed by atoms with Crippen molar-refractivity contribution < 1.29 is 9.59 Å². The molecule has 1 aliphatic rings. The van der Waals surface area contributed by atoms with Crippen molar-refractivity contribution in [3.63, 3.8) is 0 Å². The molecule has 0 spiro atoms. The van der Waals surface area contributed by atoms with E-state index in [0.717, 1.165) is 19.6 Å². The molecule has 1 fully saturated rings. The average Bonchev–Trinajstić information content (AvgIpc) is 2.56. The standard InChI is InChI=1S/C16H21Cl2N3O2/c17-13-5-4-12(10-14(13)18)16(23)20-11-15(22)19-6-9-21-7-2-1-3-8-21/h4-5,10H,1-3,6-9,11H2,(H,19,22)(H,20,23). The van der Waals surface area contributed by atoms with Crippen LogP contribution in [0.15, 0.2) is 18.2 Å². The molecular weight excluding hydrogens is 337 g/mol. The minimum absolute atomic E-state index is 0.0565. The van der Waals surface area contributed by atoms with Crippen molar-refractivity contribution in [2.24, 2.45) is 0 Å². The summed E-state index contributed by atoms with van der Waals surface area (Å²) < 4.78 is 0. The maximum Gasteiger partial charge on any atom is 0.251 e. The second-order valence-corrected chi connectivity index (χ2v) is 6.38. The van der Waals surface area contributed by atoms with E-state index in [1.54, 1.807) is 12.1 Å². The average molecular weight is 358 g/mol. The van der Waals surface area contributed by atoms with E-state index in [0.29, 0.717) is 22.2 Å². The molecule has 1 aromatic rings. The van der Waals surface area contributed by atoms with Crippen LogP contribution >= 0.6 is 23.2 Å². The molecule has 2 amide bonds. The Hall–Kier alpha value is -1.30. The van der Waals surface area contributed by atoms with E-state index in [4.69, 9.17) is 23.2 Å². The third-order valence-electron chi connectivity index (χ3n) is 3.79. The van der Waals surface area contributed by atoms with E-state index in [1.807, 2.05) is 0 Å². The lowest BCUT2D eigenvalue weighted by atomic mass is 10.1. The van der Waals surface area contributed by atoms with E-state index >= 15 is 0 Å². The molecule has 7 heteroatoms. The Morgan fingerprint density at radius 2 is 1.78 bits per heavy atom. The predicted octanol–water partition coefficient (Wildman–Crippen LogP) is 2.33. The van der Waals surface area contributed by atoms with Crippen LogP contribution in [0.5, 0.6) is 0 Å². The molecule has 0 aliphatic carbocycles. The zero-order valence-corrected chi connectivity index (χ0v) is 14.4. The first-order chi connectivity index (χ1) is 11.1. The minimum Gasteiger partial charge on any atom is -0.353 e. The van der Waals surface area contributed by atoms with Gasteiger partial charge in [-0.1, -0.05) is 29.6 Å². The van der Waals surface area contributed by atoms with Gasteiger partial charge in [0.05, 0.1) is 16.6 Å². The van der Waals surface area contributed by atoms with Gasteiger partial charge in [0.1, 0.15) is 0 Å². The first-order valence-electron chi connectivity index (χ1n) is 7.78. The normalized spacial score (nSPS) is 15.2. The maximum atomic E-state index is 11.9. The van der Waals surface area contributed by atoms with Gasteiger partial charge in [0, 0.05) is 18.7 Å². The molecule has 0 unspecified atom stereocenters. The van der Waals surface area contributed by atoms with Gasteiger partial charge in [0.25, 0.3) is 5.91 Å². The van der Waals surface area contributed by atoms with Gasteiger partial charge in [-0.2, -0.15) is 0 Å². The number of nitrogens with one attached hydrogen (secondary N) is 2. The molecule has 0 radical (unpaired) electrons. The summed E-state index contributed by atoms with van der Waals surface area (Å²) in [4.78, 5) is 26.0. The molecule has 126 valence electrons. The van der Waals surface area contributed by atoms with Gasteiger partial charge in [0.15, 0.2) is 0 Å². The Bertz CT molecular complexity index is 560. The fourth-order valence-corrected chi connectivity index (χ4v) is 2.80. The summed E-state index contributed by atoms with van der Waals surface area (Å²) in [5.41, 5.74) is 0.375. The number of rotatable bonds is 6. The molecule has 2 rings (SSSR count). The fourth-order valence-electron chi connectivity index (χ4n) is 2.50. The second-order valence-electron chi connectivity index (χ2n) is 5.56. The third-order valence-corrected chi connectivity index (χ3v) is 4.53. The number of halogens is 2. The monoisotopic (exact) mass is 357 g/mol. The number of hydrogen-bond donors (Lipinski definition) is 2. The van der Waals surface area contributed by atoms with E-state index in [9.17, 15) is 9.59 Å². The van der Waals surface area contributed by atoms with Crippen LogP contribution in [-0.2, 0) is 4.79 Å². The lowest BCUT2D eigenvalue weighted by Crippen LogP contribution is -2.41. The van der Waals surface area contributed by atoms with E-state index in [-0.39, 0.29) is 18.4 Å². The molecular formula is C16H21Cl2N3O2. The Morgan fingerprint density at radius 1 is 1.04 bits per heavy atom. The van der Waals surface area contributed by atoms with Crippen LogP contribution in [0, 0.1) is 0 Å². The van der Waals surface area contributed by atoms with Crippen molar-refractivity contribution in [1.82, 2.24) is 15.5 Å². The highest BCUT2D eigenvalue weighted by Gasteiger charge is 2.11. The summed E-state index contributed by atoms with van der Waals surface area (Å²) in [5, 5.41) is 6.08. The van der Waals surface area contributed by atoms with Crippen molar-refractivity contribution in [2.45, 2.75) is 19.3 Å². The topological polar surface area (TPSA) is 61.4 Å². The third kappa shape index (κ3) is 6.01. The van der Waals surface area contributed by atoms with Crippen LogP contribution in [0.1, 0.15) is 29.6 Å². The van der Waals surface area contributed by atoms with E-state index in [2.05, 4.69) is 15.5 Å². The number of carbonyl (C=O) groups is 2. The summed E-state index contributed by atoms with van der Waals surface area (Å²) in [6, 6.07) is 4.60. The van der Waals surface area contributed by atoms with Gasteiger partial charge >= 0.3 is 0 Å². The Balaban J connectivity index is 1.67. The number of carbonyl (C=O) groups excluding carboxylic acids is 2. The molecule has 0 saturated carbocycles. The summed E-state index contributed by atoms with van der Waals surface area (Å²) in [5.74, 6) is -0.551. The highest BCUT2D eigenvalue weighted by molar-refractivity contribution is 6.42. The van der Waals surface area contributed by atoms with Gasteiger partial charge in [-0.05, 0) is 44.1 Å². The number of likely N-dealkylation sites (tertiary alicyclic amines) is 1. The summed E-state index contributed by atoms with van der Waals surface area (Å²) in [6.45, 7) is 3.60. The maximum absolute atomic E-state index is 11.9. The molecule has 2 N–H and O–H groups in total. The molecule has 1 aromatic carbocycles. The van der Waals surface area contributed by atoms with Gasteiger partial charge in [-0.15, -0.1) is 0 Å². The van der Waals surface area contributed by atoms with Crippen LogP contribution in [0.25, 0.3) is 0 Å². The SMILES string of the molecule is O=C(CNC(=O)c1ccc(Cl)c(Cl)c1)NCCN1CCCCC1. The lowest BCUT2D eigenvalue weighted by Gasteiger charge is -2.26. The Kier molecular flexibility index (Phi) is 7.15. The molecule has 0 aromatic heterocycles. The summed E-state index contributed by atoms with van der Waals surface area (Å²) in [7, 11) is 0. The van der Waals surface area contributed by atoms with Crippen LogP contribution in [0.2, 0.25) is 10.0 Å². The Labute approximate surface area is 146 Å². The first-order valence-corrected chi connectivity index (χ1v) is 8.54. The zero-order valence-electron chi connectivity index (χ0n) is 12.9. The molecule has 1 saturated heterocycles. The van der Waals surface area contributed by atoms with E-state index in [1.165, 1.54) is 25.3 Å². The van der Waals surface area contributed by atoms with Crippen molar-refractivity contribution >= 4 is 35.0 Å². The van der Waals surface area contributed by atoms with Crippen LogP contribution in [0.4, 0.5) is 0 Å². The predicted molar refractivity (Wildman–Crippen MR) is 92.1 cm³/mol. The van der Waals surface area contributed by atoms with Crippen LogP contribution < -0.4 is 10.6 Å². The molecule has 5 nitrogen and oxygen atoms in total. The van der Waals surface area contributed by atoms with Gasteiger partial charge in [0.2, 0.25) is 5.91 Å². The fraction of sp³-hybridized carbons (Fsp3) is 0.500. The van der Waals surface area contributed by atoms with Crippen molar-refractivity contribution in [2.75, 3.05) is 32.7 Å². The lowest BCUT2D eigenvalue weighted by molar-refractivity contribution is -0.120.